The minimum Gasteiger partial charge on any atom is -0.497 e. The predicted octanol–water partition coefficient (Wildman–Crippen LogP) is 3.81. The summed E-state index contributed by atoms with van der Waals surface area (Å²) < 4.78 is 5.18. The second kappa shape index (κ2) is 8.31. The molecule has 0 unspecified atom stereocenters. The molecular weight excluding hydrogens is 320 g/mol. The molecule has 1 aromatic carbocycles. The Balaban J connectivity index is 2.02. The molecule has 1 heterocycles. The summed E-state index contributed by atoms with van der Waals surface area (Å²) in [6, 6.07) is 10.1. The number of hydrogen-bond donors (Lipinski definition) is 2. The molecule has 0 aliphatic heterocycles. The van der Waals surface area contributed by atoms with Crippen LogP contribution in [0.4, 0.5) is 0 Å². The van der Waals surface area contributed by atoms with Gasteiger partial charge in [0.05, 0.1) is 19.1 Å². The third kappa shape index (κ3) is 3.97. The zero-order valence-electron chi connectivity index (χ0n) is 14.6. The summed E-state index contributed by atoms with van der Waals surface area (Å²) in [4.78, 5) is 13.6. The number of methoxy groups -OCH3 is 1. The maximum Gasteiger partial charge on any atom is 0.227 e. The smallest absolute Gasteiger partial charge is 0.227 e. The number of amides is 1. The molecule has 0 saturated carbocycles. The zero-order valence-corrected chi connectivity index (χ0v) is 15.4. The molecule has 5 heteroatoms. The first-order chi connectivity index (χ1) is 11.6. The van der Waals surface area contributed by atoms with Crippen LogP contribution in [0.1, 0.15) is 31.6 Å². The van der Waals surface area contributed by atoms with Crippen molar-refractivity contribution >= 4 is 17.2 Å². The quantitative estimate of drug-likeness (QED) is 0.764. The fourth-order valence-electron chi connectivity index (χ4n) is 2.72. The van der Waals surface area contributed by atoms with Crippen molar-refractivity contribution in [3.05, 3.63) is 40.6 Å². The average molecular weight is 346 g/mol. The van der Waals surface area contributed by atoms with Crippen molar-refractivity contribution in [2.75, 3.05) is 13.7 Å². The van der Waals surface area contributed by atoms with E-state index in [1.165, 1.54) is 0 Å². The summed E-state index contributed by atoms with van der Waals surface area (Å²) in [5, 5.41) is 5.16. The van der Waals surface area contributed by atoms with Crippen LogP contribution in [-0.4, -0.2) is 19.6 Å². The van der Waals surface area contributed by atoms with Crippen LogP contribution in [0.2, 0.25) is 0 Å². The molecule has 2 aromatic rings. The van der Waals surface area contributed by atoms with Crippen LogP contribution in [-0.2, 0) is 11.3 Å². The molecule has 0 aliphatic rings. The van der Waals surface area contributed by atoms with Gasteiger partial charge in [-0.2, -0.15) is 0 Å². The molecule has 130 valence electrons. The normalized spacial score (nSPS) is 11.3. The Morgan fingerprint density at radius 3 is 2.42 bits per heavy atom. The molecule has 0 atom stereocenters. The molecule has 4 nitrogen and oxygen atoms in total. The number of hydrogen-bond acceptors (Lipinski definition) is 4. The Morgan fingerprint density at radius 2 is 1.88 bits per heavy atom. The predicted molar refractivity (Wildman–Crippen MR) is 100 cm³/mol. The van der Waals surface area contributed by atoms with Crippen LogP contribution >= 0.6 is 11.3 Å². The van der Waals surface area contributed by atoms with Crippen LogP contribution < -0.4 is 15.8 Å². The lowest BCUT2D eigenvalue weighted by Gasteiger charge is -2.28. The third-order valence-corrected chi connectivity index (χ3v) is 5.66. The number of nitrogens with one attached hydrogen (secondary N) is 1. The van der Waals surface area contributed by atoms with Crippen LogP contribution in [0.15, 0.2) is 35.7 Å². The highest BCUT2D eigenvalue weighted by atomic mass is 32.1. The van der Waals surface area contributed by atoms with Crippen molar-refractivity contribution < 1.29 is 9.53 Å². The van der Waals surface area contributed by atoms with Crippen molar-refractivity contribution in [1.29, 1.82) is 0 Å². The number of ether oxygens (including phenoxy) is 1. The molecule has 0 fully saturated rings. The molecule has 0 spiro atoms. The van der Waals surface area contributed by atoms with Crippen LogP contribution in [0, 0.1) is 5.41 Å². The average Bonchev–Trinajstić information content (AvgIpc) is 3.11. The van der Waals surface area contributed by atoms with Crippen LogP contribution in [0.5, 0.6) is 5.75 Å². The second-order valence-corrected chi connectivity index (χ2v) is 6.90. The number of carbonyl (C=O) groups is 1. The van der Waals surface area contributed by atoms with Gasteiger partial charge >= 0.3 is 0 Å². The first kappa shape index (κ1) is 18.5. The zero-order chi connectivity index (χ0) is 17.6. The summed E-state index contributed by atoms with van der Waals surface area (Å²) in [5.74, 6) is 0.896. The molecular formula is C19H26N2O2S. The first-order valence-electron chi connectivity index (χ1n) is 8.28. The molecule has 0 radical (unpaired) electrons. The van der Waals surface area contributed by atoms with Crippen LogP contribution in [0.3, 0.4) is 0 Å². The van der Waals surface area contributed by atoms with Gasteiger partial charge in [0.25, 0.3) is 0 Å². The van der Waals surface area contributed by atoms with Gasteiger partial charge in [0, 0.05) is 11.4 Å². The van der Waals surface area contributed by atoms with Gasteiger partial charge in [0.2, 0.25) is 5.91 Å². The number of nitrogens with two attached hydrogens (primary N) is 1. The molecule has 0 saturated heterocycles. The monoisotopic (exact) mass is 346 g/mol. The maximum atomic E-state index is 12.5. The summed E-state index contributed by atoms with van der Waals surface area (Å²) in [6.45, 7) is 4.96. The van der Waals surface area contributed by atoms with Gasteiger partial charge in [0.1, 0.15) is 5.75 Å². The molecule has 3 N–H and O–H groups in total. The number of rotatable bonds is 8. The third-order valence-electron chi connectivity index (χ3n) is 4.73. The van der Waals surface area contributed by atoms with E-state index < -0.39 is 5.41 Å². The van der Waals surface area contributed by atoms with Crippen molar-refractivity contribution in [3.8, 4) is 16.9 Å². The molecule has 0 aliphatic carbocycles. The molecule has 1 amide bonds. The number of benzene rings is 1. The highest BCUT2D eigenvalue weighted by Crippen LogP contribution is 2.28. The lowest BCUT2D eigenvalue weighted by atomic mass is 9.81. The van der Waals surface area contributed by atoms with E-state index >= 15 is 0 Å². The Bertz CT molecular complexity index is 652. The summed E-state index contributed by atoms with van der Waals surface area (Å²) in [6.07, 6.45) is 1.51. The summed E-state index contributed by atoms with van der Waals surface area (Å²) in [5.41, 5.74) is 7.68. The van der Waals surface area contributed by atoms with E-state index in [0.717, 1.165) is 34.6 Å². The summed E-state index contributed by atoms with van der Waals surface area (Å²) >= 11 is 1.65. The van der Waals surface area contributed by atoms with E-state index in [4.69, 9.17) is 10.5 Å². The Morgan fingerprint density at radius 1 is 1.21 bits per heavy atom. The van der Waals surface area contributed by atoms with Gasteiger partial charge < -0.3 is 15.8 Å². The van der Waals surface area contributed by atoms with E-state index in [2.05, 4.69) is 16.8 Å². The van der Waals surface area contributed by atoms with Crippen molar-refractivity contribution in [3.63, 3.8) is 0 Å². The standard InChI is InChI=1S/C19H26N2O2S/c1-4-19(5-2,13-20)18(22)21-11-17-10-15(12-24-17)14-6-8-16(23-3)9-7-14/h6-10,12H,4-5,11,13,20H2,1-3H3,(H,21,22). The minimum absolute atomic E-state index is 0.0504. The number of thiophene rings is 1. The fraction of sp³-hybridized carbons (Fsp3) is 0.421. The number of carbonyl (C=O) groups excluding carboxylic acids is 1. The fourth-order valence-corrected chi connectivity index (χ4v) is 3.55. The van der Waals surface area contributed by atoms with E-state index in [9.17, 15) is 4.79 Å². The lowest BCUT2D eigenvalue weighted by Crippen LogP contribution is -2.44. The first-order valence-corrected chi connectivity index (χ1v) is 9.16. The van der Waals surface area contributed by atoms with Crippen LogP contribution in [0.25, 0.3) is 11.1 Å². The molecule has 24 heavy (non-hydrogen) atoms. The Kier molecular flexibility index (Phi) is 6.40. The van der Waals surface area contributed by atoms with Gasteiger partial charge in [-0.25, -0.2) is 0 Å². The van der Waals surface area contributed by atoms with Gasteiger partial charge in [-0.1, -0.05) is 26.0 Å². The van der Waals surface area contributed by atoms with E-state index in [1.807, 2.05) is 38.1 Å². The van der Waals surface area contributed by atoms with Crippen molar-refractivity contribution in [2.45, 2.75) is 33.2 Å². The SMILES string of the molecule is CCC(CC)(CN)C(=O)NCc1cc(-c2ccc(OC)cc2)cs1. The maximum absolute atomic E-state index is 12.5. The lowest BCUT2D eigenvalue weighted by molar-refractivity contribution is -0.131. The largest absolute Gasteiger partial charge is 0.497 e. The van der Waals surface area contributed by atoms with Gasteiger partial charge in [0.15, 0.2) is 0 Å². The second-order valence-electron chi connectivity index (χ2n) is 5.90. The van der Waals surface area contributed by atoms with Gasteiger partial charge in [-0.3, -0.25) is 4.79 Å². The highest BCUT2D eigenvalue weighted by molar-refractivity contribution is 7.10. The van der Waals surface area contributed by atoms with E-state index in [-0.39, 0.29) is 5.91 Å². The highest BCUT2D eigenvalue weighted by Gasteiger charge is 2.32. The van der Waals surface area contributed by atoms with Crippen molar-refractivity contribution in [1.82, 2.24) is 5.32 Å². The van der Waals surface area contributed by atoms with E-state index in [1.54, 1.807) is 18.4 Å². The summed E-state index contributed by atoms with van der Waals surface area (Å²) in [7, 11) is 1.66. The van der Waals surface area contributed by atoms with Gasteiger partial charge in [-0.15, -0.1) is 11.3 Å². The molecule has 2 rings (SSSR count). The van der Waals surface area contributed by atoms with Gasteiger partial charge in [-0.05, 0) is 47.5 Å². The Hall–Kier alpha value is -1.85. The molecule has 1 aromatic heterocycles. The Labute approximate surface area is 148 Å². The molecule has 0 bridgehead atoms. The minimum atomic E-state index is -0.448. The topological polar surface area (TPSA) is 64.4 Å². The van der Waals surface area contributed by atoms with Crippen molar-refractivity contribution in [2.24, 2.45) is 11.1 Å². The van der Waals surface area contributed by atoms with E-state index in [0.29, 0.717) is 13.1 Å².